The van der Waals surface area contributed by atoms with Crippen molar-refractivity contribution in [2.24, 2.45) is 0 Å². The summed E-state index contributed by atoms with van der Waals surface area (Å²) in [6.45, 7) is 23.8. The fraction of sp³-hybridized carbons (Fsp3) is 0.167. The molecule has 7 heteroatoms. The quantitative estimate of drug-likeness (QED) is 0.365. The van der Waals surface area contributed by atoms with Crippen LogP contribution < -0.4 is 0 Å². The second-order valence-corrected chi connectivity index (χ2v) is 0.224. The Kier molecular flexibility index (Phi) is 18700. The molecule has 0 aliphatic carbocycles. The molecule has 0 bridgehead atoms. The van der Waals surface area contributed by atoms with Crippen molar-refractivity contribution in [1.29, 1.82) is 0 Å². The molecular formula is C6H3BrMnNO4+. The Labute approximate surface area is 92.1 Å². The van der Waals surface area contributed by atoms with Crippen LogP contribution in [-0.2, 0) is 32.8 Å². The van der Waals surface area contributed by atoms with Gasteiger partial charge in [-0.1, -0.05) is 0 Å². The van der Waals surface area contributed by atoms with Crippen LogP contribution in [0.15, 0.2) is 0 Å². The van der Waals surface area contributed by atoms with Crippen LogP contribution in [0.1, 0.15) is 0 Å². The summed E-state index contributed by atoms with van der Waals surface area (Å²) in [6.07, 6.45) is 0. The van der Waals surface area contributed by atoms with Crippen molar-refractivity contribution in [3.63, 3.8) is 0 Å². The zero-order valence-electron chi connectivity index (χ0n) is 6.34. The number of nitrogens with zero attached hydrogens (tertiary/aromatic N) is 1. The van der Waals surface area contributed by atoms with E-state index in [0.29, 0.717) is 0 Å². The van der Waals surface area contributed by atoms with Gasteiger partial charge < -0.3 is 4.85 Å². The Balaban J connectivity index is -0.0000000115. The summed E-state index contributed by atoms with van der Waals surface area (Å²) in [6, 6.07) is 0. The Hall–Kier alpha value is -0.551. The minimum absolute atomic E-state index is 1.42. The van der Waals surface area contributed by atoms with Crippen LogP contribution in [-0.4, -0.2) is 7.05 Å². The van der Waals surface area contributed by atoms with E-state index >= 15 is 0 Å². The molecule has 69 valence electrons. The molecule has 0 aromatic rings. The molecule has 0 aliphatic rings. The van der Waals surface area contributed by atoms with Gasteiger partial charge in [0, 0.05) is 0 Å². The molecule has 0 N–H and O–H groups in total. The molecule has 0 amide bonds. The molecular weight excluding hydrogens is 285 g/mol. The van der Waals surface area contributed by atoms with Gasteiger partial charge in [0.25, 0.3) is 0 Å². The molecule has 0 heterocycles. The van der Waals surface area contributed by atoms with E-state index in [1.165, 1.54) is 7.05 Å². The summed E-state index contributed by atoms with van der Waals surface area (Å²) in [5, 5.41) is 0. The third-order valence-corrected chi connectivity index (χ3v) is 0. The molecule has 0 aliphatic heterocycles. The van der Waals surface area contributed by atoms with Gasteiger partial charge in [0.05, 0.1) is 0 Å². The van der Waals surface area contributed by atoms with Crippen LogP contribution in [0.5, 0.6) is 0 Å². The maximum absolute atomic E-state index is 7.50. The van der Waals surface area contributed by atoms with Crippen molar-refractivity contribution < 1.29 is 32.8 Å². The Morgan fingerprint density at radius 1 is 0.846 bits per heavy atom. The summed E-state index contributed by atoms with van der Waals surface area (Å²) >= 11 is 5.50. The van der Waals surface area contributed by atoms with Crippen molar-refractivity contribution in [2.75, 3.05) is 7.05 Å². The van der Waals surface area contributed by atoms with E-state index in [1.54, 1.807) is 0 Å². The number of hydrogen-bond acceptors (Lipinski definition) is 0. The van der Waals surface area contributed by atoms with Gasteiger partial charge in [-0.2, -0.15) is 0 Å². The molecule has 0 spiro atoms. The van der Waals surface area contributed by atoms with Crippen LogP contribution in [0.4, 0.5) is 0 Å². The molecule has 13 heavy (non-hydrogen) atoms. The van der Waals surface area contributed by atoms with Gasteiger partial charge in [0.15, 0.2) is 0 Å². The van der Waals surface area contributed by atoms with Crippen molar-refractivity contribution >= 4 is 14.1 Å². The Morgan fingerprint density at radius 2 is 0.846 bits per heavy atom. The molecule has 0 atom stereocenters. The monoisotopic (exact) mass is 287 g/mol. The molecule has 5 nitrogen and oxygen atoms in total. The Bertz CT molecular complexity index is 122. The van der Waals surface area contributed by atoms with Gasteiger partial charge in [-0.3, -0.25) is 0 Å². The standard InChI is InChI=1S/C2H3N.4CO.BrH.Mn/c1-3-2;4*1-2;;/h1H3;;;;;1H;/q;;;;;;+2/p-1. The van der Waals surface area contributed by atoms with Gasteiger partial charge in [-0.05, 0) is 0 Å². The van der Waals surface area contributed by atoms with Crippen LogP contribution in [0.2, 0.25) is 0 Å². The summed E-state index contributed by atoms with van der Waals surface area (Å²) in [4.78, 5) is 2.75. The molecule has 0 unspecified atom stereocenters. The number of hydrogen-bond donors (Lipinski definition) is 0. The van der Waals surface area contributed by atoms with E-state index in [1.807, 2.05) is 0 Å². The fourth-order valence-electron chi connectivity index (χ4n) is 0. The first-order valence-corrected chi connectivity index (χ1v) is 4.55. The van der Waals surface area contributed by atoms with E-state index in [0.717, 1.165) is 0 Å². The average molecular weight is 288 g/mol. The number of halogens is 1. The van der Waals surface area contributed by atoms with Gasteiger partial charge in [-0.25, -0.2) is 6.57 Å². The molecule has 0 saturated carbocycles. The van der Waals surface area contributed by atoms with E-state index in [2.05, 4.69) is 59.8 Å². The first kappa shape index (κ1) is 39.2. The SMILES string of the molecule is [C-]#[N+]C.[C-]#[O+].[C-]#[O+].[C-]#[O+].[C-]#[O+].[Mn+][Br]. The normalized spacial score (nSPS) is 1.62. The van der Waals surface area contributed by atoms with E-state index in [4.69, 9.17) is 25.2 Å². The van der Waals surface area contributed by atoms with E-state index < -0.39 is 0 Å². The van der Waals surface area contributed by atoms with Gasteiger partial charge in [0.2, 0.25) is 7.05 Å². The molecule has 0 aromatic heterocycles. The summed E-state index contributed by atoms with van der Waals surface area (Å²) in [5.74, 6) is 0. The first-order valence-electron chi connectivity index (χ1n) is 1.63. The van der Waals surface area contributed by atoms with Crippen molar-refractivity contribution in [3.05, 3.63) is 38.0 Å². The Morgan fingerprint density at radius 3 is 0.846 bits per heavy atom. The summed E-state index contributed by atoms with van der Waals surface area (Å²) in [5.41, 5.74) is 0. The van der Waals surface area contributed by atoms with Gasteiger partial charge >= 0.3 is 73.5 Å². The molecule has 0 fully saturated rings. The molecule has 0 saturated heterocycles. The van der Waals surface area contributed by atoms with Gasteiger partial charge in [0.1, 0.15) is 0 Å². The molecule has 0 rings (SSSR count). The summed E-state index contributed by atoms with van der Waals surface area (Å²) < 4.78 is 30.0. The summed E-state index contributed by atoms with van der Waals surface area (Å²) in [7, 11) is 1.42. The zero-order valence-corrected chi connectivity index (χ0v) is 9.10. The molecule has 0 radical (unpaired) electrons. The second-order valence-electron chi connectivity index (χ2n) is 0.224. The average Bonchev–Trinajstić information content (AvgIpc) is 2.32. The molecule has 0 aromatic carbocycles. The van der Waals surface area contributed by atoms with Crippen LogP contribution in [0.3, 0.4) is 0 Å². The van der Waals surface area contributed by atoms with Crippen molar-refractivity contribution in [2.45, 2.75) is 0 Å². The topological polar surface area (TPSA) is 84.0 Å². The predicted molar refractivity (Wildman–Crippen MR) is 37.2 cm³/mol. The zero-order chi connectivity index (χ0) is 12.7. The van der Waals surface area contributed by atoms with Crippen LogP contribution in [0.25, 0.3) is 4.85 Å². The van der Waals surface area contributed by atoms with E-state index in [-0.39, 0.29) is 0 Å². The predicted octanol–water partition coefficient (Wildman–Crippen LogP) is 1.23. The van der Waals surface area contributed by atoms with Crippen LogP contribution in [0, 0.1) is 33.2 Å². The maximum atomic E-state index is 7.50. The van der Waals surface area contributed by atoms with Crippen molar-refractivity contribution in [1.82, 2.24) is 0 Å². The van der Waals surface area contributed by atoms with Gasteiger partial charge in [-0.15, -0.1) is 0 Å². The second kappa shape index (κ2) is 6190. The van der Waals surface area contributed by atoms with Crippen molar-refractivity contribution in [3.8, 4) is 0 Å². The third kappa shape index (κ3) is 3370. The third-order valence-electron chi connectivity index (χ3n) is 0. The fourth-order valence-corrected chi connectivity index (χ4v) is 0. The van der Waals surface area contributed by atoms with E-state index in [9.17, 15) is 0 Å². The minimum atomic E-state index is 1.42. The van der Waals surface area contributed by atoms with Crippen LogP contribution >= 0.6 is 14.1 Å². The first-order chi connectivity index (χ1) is 6.41. The number of rotatable bonds is 0.